The zero-order valence-corrected chi connectivity index (χ0v) is 15.3. The number of aryl methyl sites for hydroxylation is 1. The van der Waals surface area contributed by atoms with E-state index < -0.39 is 0 Å². The van der Waals surface area contributed by atoms with Crippen LogP contribution in [0.4, 0.5) is 0 Å². The van der Waals surface area contributed by atoms with E-state index in [0.717, 1.165) is 32.5 Å². The molecule has 0 N–H and O–H groups in total. The van der Waals surface area contributed by atoms with E-state index >= 15 is 0 Å². The molecule has 3 heterocycles. The van der Waals surface area contributed by atoms with Crippen LogP contribution in [0.25, 0.3) is 26.9 Å². The molecule has 0 spiro atoms. The van der Waals surface area contributed by atoms with Gasteiger partial charge in [0.05, 0.1) is 17.9 Å². The van der Waals surface area contributed by atoms with Gasteiger partial charge in [-0.15, -0.1) is 10.2 Å². The summed E-state index contributed by atoms with van der Waals surface area (Å²) in [7, 11) is 1.91. The molecular weight excluding hydrogens is 336 g/mol. The number of aromatic nitrogens is 6. The molecule has 128 valence electrons. The van der Waals surface area contributed by atoms with Crippen LogP contribution in [0, 0.1) is 6.92 Å². The fraction of sp³-hybridized carbons (Fsp3) is 0.294. The SMILES string of the molecule is Cc1c(-c2nnc3sc(-c4cccc(OC(C)C)c4)nn23)cnn1C. The number of hydrogen-bond donors (Lipinski definition) is 0. The first-order chi connectivity index (χ1) is 12.0. The van der Waals surface area contributed by atoms with Crippen LogP contribution in [0.15, 0.2) is 30.5 Å². The second-order valence-corrected chi connectivity index (χ2v) is 7.04. The first kappa shape index (κ1) is 15.8. The maximum Gasteiger partial charge on any atom is 0.235 e. The molecule has 0 aliphatic heterocycles. The van der Waals surface area contributed by atoms with Crippen LogP contribution >= 0.6 is 11.3 Å². The van der Waals surface area contributed by atoms with Gasteiger partial charge in [-0.25, -0.2) is 0 Å². The molecular formula is C17H18N6OS. The van der Waals surface area contributed by atoms with Crippen molar-refractivity contribution in [2.75, 3.05) is 0 Å². The minimum atomic E-state index is 0.133. The monoisotopic (exact) mass is 354 g/mol. The van der Waals surface area contributed by atoms with Gasteiger partial charge in [-0.2, -0.15) is 14.7 Å². The van der Waals surface area contributed by atoms with Gasteiger partial charge in [0, 0.05) is 18.3 Å². The minimum Gasteiger partial charge on any atom is -0.491 e. The molecule has 1 aromatic carbocycles. The zero-order chi connectivity index (χ0) is 17.6. The summed E-state index contributed by atoms with van der Waals surface area (Å²) in [5, 5.41) is 18.4. The van der Waals surface area contributed by atoms with Gasteiger partial charge in [0.25, 0.3) is 0 Å². The molecule has 0 radical (unpaired) electrons. The summed E-state index contributed by atoms with van der Waals surface area (Å²) in [6.45, 7) is 6.03. The molecule has 0 saturated carbocycles. The van der Waals surface area contributed by atoms with Gasteiger partial charge in [0.1, 0.15) is 10.8 Å². The van der Waals surface area contributed by atoms with E-state index in [4.69, 9.17) is 9.84 Å². The number of hydrogen-bond acceptors (Lipinski definition) is 6. The molecule has 8 heteroatoms. The first-order valence-electron chi connectivity index (χ1n) is 8.01. The number of benzene rings is 1. The lowest BCUT2D eigenvalue weighted by atomic mass is 10.2. The summed E-state index contributed by atoms with van der Waals surface area (Å²) >= 11 is 1.50. The second kappa shape index (κ2) is 5.96. The predicted octanol–water partition coefficient (Wildman–Crippen LogP) is 3.35. The van der Waals surface area contributed by atoms with Gasteiger partial charge in [-0.3, -0.25) is 4.68 Å². The maximum atomic E-state index is 5.77. The molecule has 3 aromatic heterocycles. The Labute approximate surface area is 148 Å². The third kappa shape index (κ3) is 2.78. The van der Waals surface area contributed by atoms with Gasteiger partial charge in [0.2, 0.25) is 4.96 Å². The van der Waals surface area contributed by atoms with Crippen LogP contribution in [0.2, 0.25) is 0 Å². The number of ether oxygens (including phenoxy) is 1. The average molecular weight is 354 g/mol. The lowest BCUT2D eigenvalue weighted by molar-refractivity contribution is 0.242. The highest BCUT2D eigenvalue weighted by Gasteiger charge is 2.18. The lowest BCUT2D eigenvalue weighted by Gasteiger charge is -2.09. The van der Waals surface area contributed by atoms with Crippen LogP contribution < -0.4 is 4.74 Å². The van der Waals surface area contributed by atoms with Crippen molar-refractivity contribution in [3.63, 3.8) is 0 Å². The van der Waals surface area contributed by atoms with Gasteiger partial charge >= 0.3 is 0 Å². The standard InChI is InChI=1S/C17H18N6OS/c1-10(2)24-13-7-5-6-12(8-13)16-21-23-15(19-20-17(23)25-16)14-9-18-22(4)11(14)3/h5-10H,1-4H3. The Hall–Kier alpha value is -2.74. The van der Waals surface area contributed by atoms with Crippen molar-refractivity contribution in [2.24, 2.45) is 7.05 Å². The third-order valence-electron chi connectivity index (χ3n) is 3.92. The number of rotatable bonds is 4. The highest BCUT2D eigenvalue weighted by Crippen LogP contribution is 2.30. The zero-order valence-electron chi connectivity index (χ0n) is 14.5. The van der Waals surface area contributed by atoms with Gasteiger partial charge in [0.15, 0.2) is 5.82 Å². The van der Waals surface area contributed by atoms with E-state index in [0.29, 0.717) is 5.82 Å². The molecule has 0 unspecified atom stereocenters. The summed E-state index contributed by atoms with van der Waals surface area (Å²) in [5.41, 5.74) is 2.96. The minimum absolute atomic E-state index is 0.133. The Morgan fingerprint density at radius 3 is 2.76 bits per heavy atom. The van der Waals surface area contributed by atoms with Crippen molar-refractivity contribution in [3.05, 3.63) is 36.2 Å². The summed E-state index contributed by atoms with van der Waals surface area (Å²) in [4.78, 5) is 0.753. The smallest absolute Gasteiger partial charge is 0.235 e. The average Bonchev–Trinajstić information content (AvgIpc) is 3.23. The Bertz CT molecular complexity index is 1040. The molecule has 0 aliphatic carbocycles. The normalized spacial score (nSPS) is 11.6. The van der Waals surface area contributed by atoms with Crippen molar-refractivity contribution < 1.29 is 4.74 Å². The third-order valence-corrected chi connectivity index (χ3v) is 4.87. The molecule has 7 nitrogen and oxygen atoms in total. The molecule has 25 heavy (non-hydrogen) atoms. The predicted molar refractivity (Wildman–Crippen MR) is 96.8 cm³/mol. The van der Waals surface area contributed by atoms with Crippen LogP contribution in [0.3, 0.4) is 0 Å². The molecule has 4 rings (SSSR count). The van der Waals surface area contributed by atoms with Gasteiger partial charge in [-0.1, -0.05) is 23.5 Å². The van der Waals surface area contributed by atoms with Crippen molar-refractivity contribution in [2.45, 2.75) is 26.9 Å². The van der Waals surface area contributed by atoms with E-state index in [1.54, 1.807) is 10.7 Å². The van der Waals surface area contributed by atoms with E-state index in [9.17, 15) is 0 Å². The quantitative estimate of drug-likeness (QED) is 0.562. The largest absolute Gasteiger partial charge is 0.491 e. The van der Waals surface area contributed by atoms with E-state index in [1.165, 1.54) is 11.3 Å². The Balaban J connectivity index is 1.77. The maximum absolute atomic E-state index is 5.77. The van der Waals surface area contributed by atoms with Crippen LogP contribution in [0.5, 0.6) is 5.75 Å². The number of fused-ring (bicyclic) bond motifs is 1. The molecule has 0 amide bonds. The molecule has 0 aliphatic rings. The molecule has 4 aromatic rings. The summed E-state index contributed by atoms with van der Waals surface area (Å²) in [6.07, 6.45) is 1.93. The highest BCUT2D eigenvalue weighted by molar-refractivity contribution is 7.19. The second-order valence-electron chi connectivity index (χ2n) is 6.09. The van der Waals surface area contributed by atoms with Crippen molar-refractivity contribution in [1.82, 2.24) is 29.6 Å². The van der Waals surface area contributed by atoms with Crippen molar-refractivity contribution in [1.29, 1.82) is 0 Å². The van der Waals surface area contributed by atoms with Crippen molar-refractivity contribution >= 4 is 16.3 Å². The highest BCUT2D eigenvalue weighted by atomic mass is 32.1. The Kier molecular flexibility index (Phi) is 3.76. The van der Waals surface area contributed by atoms with Crippen LogP contribution in [0.1, 0.15) is 19.5 Å². The summed E-state index contributed by atoms with van der Waals surface area (Å²) < 4.78 is 9.37. The van der Waals surface area contributed by atoms with Crippen LogP contribution in [-0.4, -0.2) is 35.7 Å². The Morgan fingerprint density at radius 2 is 2.04 bits per heavy atom. The van der Waals surface area contributed by atoms with E-state index in [1.807, 2.05) is 56.8 Å². The van der Waals surface area contributed by atoms with E-state index in [-0.39, 0.29) is 6.10 Å². The Morgan fingerprint density at radius 1 is 1.20 bits per heavy atom. The fourth-order valence-electron chi connectivity index (χ4n) is 2.59. The van der Waals surface area contributed by atoms with Crippen molar-refractivity contribution in [3.8, 4) is 27.7 Å². The molecule has 0 atom stereocenters. The molecule has 0 saturated heterocycles. The van der Waals surface area contributed by atoms with E-state index in [2.05, 4.69) is 15.3 Å². The summed E-state index contributed by atoms with van der Waals surface area (Å²) in [5.74, 6) is 1.54. The van der Waals surface area contributed by atoms with Gasteiger partial charge in [-0.05, 0) is 32.9 Å². The topological polar surface area (TPSA) is 70.1 Å². The molecule has 0 bridgehead atoms. The van der Waals surface area contributed by atoms with Gasteiger partial charge < -0.3 is 4.74 Å². The van der Waals surface area contributed by atoms with Crippen LogP contribution in [-0.2, 0) is 7.05 Å². The fourth-order valence-corrected chi connectivity index (χ4v) is 3.43. The first-order valence-corrected chi connectivity index (χ1v) is 8.83. The lowest BCUT2D eigenvalue weighted by Crippen LogP contribution is -2.05. The summed E-state index contributed by atoms with van der Waals surface area (Å²) in [6, 6.07) is 7.95. The molecule has 0 fully saturated rings. The number of nitrogens with zero attached hydrogens (tertiary/aromatic N) is 6.